The van der Waals surface area contributed by atoms with Gasteiger partial charge in [-0.15, -0.1) is 0 Å². The molecular weight excluding hydrogens is 352 g/mol. The molecule has 140 valence electrons. The molecule has 2 saturated heterocycles. The minimum Gasteiger partial charge on any atom is -0.302 e. The van der Waals surface area contributed by atoms with Gasteiger partial charge in [0.15, 0.2) is 0 Å². The number of thioether (sulfide) groups is 1. The fourth-order valence-corrected chi connectivity index (χ4v) is 6.94. The third-order valence-electron chi connectivity index (χ3n) is 5.22. The van der Waals surface area contributed by atoms with Gasteiger partial charge >= 0.3 is 0 Å². The standard InChI is InChI=1S/C19H30N2O2S2/c1-16-7-8-19(17(2)13-16)25(22,23)21-11-6-12-24-15-18(21)14-20-9-4-3-5-10-20/h7-8,13,18H,3-6,9-12,14-15H2,1-2H3. The first-order valence-electron chi connectivity index (χ1n) is 9.38. The number of sulfonamides is 1. The number of nitrogens with zero attached hydrogens (tertiary/aromatic N) is 2. The van der Waals surface area contributed by atoms with E-state index in [1.54, 1.807) is 10.4 Å². The molecule has 0 bridgehead atoms. The monoisotopic (exact) mass is 382 g/mol. The van der Waals surface area contributed by atoms with E-state index >= 15 is 0 Å². The van der Waals surface area contributed by atoms with E-state index in [2.05, 4.69) is 4.90 Å². The Labute approximate surface area is 157 Å². The van der Waals surface area contributed by atoms with Crippen LogP contribution in [0.25, 0.3) is 0 Å². The molecule has 2 aliphatic heterocycles. The molecule has 6 heteroatoms. The molecule has 0 amide bonds. The van der Waals surface area contributed by atoms with E-state index < -0.39 is 10.0 Å². The zero-order valence-corrected chi connectivity index (χ0v) is 17.0. The average molecular weight is 383 g/mol. The van der Waals surface area contributed by atoms with Gasteiger partial charge in [-0.1, -0.05) is 24.1 Å². The topological polar surface area (TPSA) is 40.6 Å². The molecule has 0 saturated carbocycles. The Morgan fingerprint density at radius 1 is 1.08 bits per heavy atom. The number of rotatable bonds is 4. The summed E-state index contributed by atoms with van der Waals surface area (Å²) in [5.41, 5.74) is 1.96. The van der Waals surface area contributed by atoms with Gasteiger partial charge in [0.2, 0.25) is 10.0 Å². The average Bonchev–Trinajstić information content (AvgIpc) is 2.81. The molecule has 1 atom stereocenters. The van der Waals surface area contributed by atoms with Crippen molar-refractivity contribution >= 4 is 21.8 Å². The first-order chi connectivity index (χ1) is 12.0. The van der Waals surface area contributed by atoms with Gasteiger partial charge < -0.3 is 4.90 Å². The third kappa shape index (κ3) is 4.59. The second-order valence-corrected chi connectivity index (χ2v) is 10.3. The van der Waals surface area contributed by atoms with Crippen LogP contribution in [0.2, 0.25) is 0 Å². The largest absolute Gasteiger partial charge is 0.302 e. The second kappa shape index (κ2) is 8.42. The van der Waals surface area contributed by atoms with Crippen LogP contribution >= 0.6 is 11.8 Å². The van der Waals surface area contributed by atoms with Gasteiger partial charge in [-0.2, -0.15) is 16.1 Å². The number of likely N-dealkylation sites (tertiary alicyclic amines) is 1. The molecule has 1 aromatic carbocycles. The fraction of sp³-hybridized carbons (Fsp3) is 0.684. The van der Waals surface area contributed by atoms with E-state index in [1.165, 1.54) is 19.3 Å². The van der Waals surface area contributed by atoms with Crippen molar-refractivity contribution in [1.82, 2.24) is 9.21 Å². The summed E-state index contributed by atoms with van der Waals surface area (Å²) in [5.74, 6) is 1.95. The van der Waals surface area contributed by atoms with Crippen molar-refractivity contribution in [3.8, 4) is 0 Å². The Hall–Kier alpha value is -0.560. The van der Waals surface area contributed by atoms with Crippen LogP contribution in [-0.2, 0) is 10.0 Å². The summed E-state index contributed by atoms with van der Waals surface area (Å²) < 4.78 is 28.6. The van der Waals surface area contributed by atoms with Crippen LogP contribution in [0.15, 0.2) is 23.1 Å². The van der Waals surface area contributed by atoms with Crippen LogP contribution in [0.5, 0.6) is 0 Å². The molecule has 2 fully saturated rings. The van der Waals surface area contributed by atoms with Crippen molar-refractivity contribution in [3.63, 3.8) is 0 Å². The predicted octanol–water partition coefficient (Wildman–Crippen LogP) is 3.29. The van der Waals surface area contributed by atoms with Crippen molar-refractivity contribution in [3.05, 3.63) is 29.3 Å². The lowest BCUT2D eigenvalue weighted by molar-refractivity contribution is 0.183. The lowest BCUT2D eigenvalue weighted by Gasteiger charge is -2.35. The Kier molecular flexibility index (Phi) is 6.47. The highest BCUT2D eigenvalue weighted by molar-refractivity contribution is 7.99. The SMILES string of the molecule is Cc1ccc(S(=O)(=O)N2CCCSCC2CN2CCCCC2)c(C)c1. The summed E-state index contributed by atoms with van der Waals surface area (Å²) in [6.45, 7) is 7.65. The highest BCUT2D eigenvalue weighted by Crippen LogP contribution is 2.27. The van der Waals surface area contributed by atoms with Gasteiger partial charge in [0, 0.05) is 24.9 Å². The molecular formula is C19H30N2O2S2. The number of hydrogen-bond acceptors (Lipinski definition) is 4. The quantitative estimate of drug-likeness (QED) is 0.801. The molecule has 2 aliphatic rings. The van der Waals surface area contributed by atoms with E-state index in [4.69, 9.17) is 0 Å². The number of hydrogen-bond donors (Lipinski definition) is 0. The molecule has 3 rings (SSSR count). The van der Waals surface area contributed by atoms with Crippen LogP contribution in [0, 0.1) is 13.8 Å². The smallest absolute Gasteiger partial charge is 0.243 e. The van der Waals surface area contributed by atoms with Gasteiger partial charge in [0.1, 0.15) is 0 Å². The van der Waals surface area contributed by atoms with Crippen molar-refractivity contribution in [2.24, 2.45) is 0 Å². The van der Waals surface area contributed by atoms with Crippen LogP contribution < -0.4 is 0 Å². The maximum absolute atomic E-state index is 13.4. The minimum atomic E-state index is -3.44. The predicted molar refractivity (Wildman–Crippen MR) is 106 cm³/mol. The molecule has 0 spiro atoms. The fourth-order valence-electron chi connectivity index (χ4n) is 3.92. The Balaban J connectivity index is 1.86. The molecule has 4 nitrogen and oxygen atoms in total. The molecule has 0 aliphatic carbocycles. The maximum atomic E-state index is 13.4. The zero-order chi connectivity index (χ0) is 17.9. The summed E-state index contributed by atoms with van der Waals surface area (Å²) in [4.78, 5) is 2.94. The molecule has 0 N–H and O–H groups in total. The van der Waals surface area contributed by atoms with Gasteiger partial charge in [0.05, 0.1) is 4.90 Å². The van der Waals surface area contributed by atoms with Gasteiger partial charge in [0.25, 0.3) is 0 Å². The molecule has 1 aromatic rings. The van der Waals surface area contributed by atoms with E-state index in [-0.39, 0.29) is 6.04 Å². The van der Waals surface area contributed by atoms with Crippen molar-refractivity contribution < 1.29 is 8.42 Å². The summed E-state index contributed by atoms with van der Waals surface area (Å²) in [6.07, 6.45) is 4.72. The van der Waals surface area contributed by atoms with Crippen LogP contribution in [0.4, 0.5) is 0 Å². The van der Waals surface area contributed by atoms with Crippen molar-refractivity contribution in [2.45, 2.75) is 50.5 Å². The van der Waals surface area contributed by atoms with Gasteiger partial charge in [-0.3, -0.25) is 0 Å². The van der Waals surface area contributed by atoms with E-state index in [0.717, 1.165) is 48.7 Å². The first kappa shape index (κ1) is 19.2. The number of aryl methyl sites for hydroxylation is 2. The van der Waals surface area contributed by atoms with Gasteiger partial charge in [-0.25, -0.2) is 8.42 Å². The highest BCUT2D eigenvalue weighted by atomic mass is 32.2. The normalized spacial score (nSPS) is 24.2. The van der Waals surface area contributed by atoms with E-state index in [9.17, 15) is 8.42 Å². The van der Waals surface area contributed by atoms with Gasteiger partial charge in [-0.05, 0) is 63.6 Å². The molecule has 1 unspecified atom stereocenters. The van der Waals surface area contributed by atoms with Crippen LogP contribution in [-0.4, -0.2) is 61.3 Å². The number of piperidine rings is 1. The Bertz CT molecular complexity index is 685. The highest BCUT2D eigenvalue weighted by Gasteiger charge is 2.34. The number of benzene rings is 1. The summed E-state index contributed by atoms with van der Waals surface area (Å²) in [7, 11) is -3.44. The van der Waals surface area contributed by atoms with Crippen molar-refractivity contribution in [1.29, 1.82) is 0 Å². The second-order valence-electron chi connectivity index (χ2n) is 7.33. The van der Waals surface area contributed by atoms with E-state index in [1.807, 2.05) is 37.7 Å². The zero-order valence-electron chi connectivity index (χ0n) is 15.4. The summed E-state index contributed by atoms with van der Waals surface area (Å²) >= 11 is 1.90. The molecule has 2 heterocycles. The molecule has 0 aromatic heterocycles. The lowest BCUT2D eigenvalue weighted by Crippen LogP contribution is -2.49. The van der Waals surface area contributed by atoms with Crippen LogP contribution in [0.3, 0.4) is 0 Å². The molecule has 0 radical (unpaired) electrons. The first-order valence-corrected chi connectivity index (χ1v) is 12.0. The summed E-state index contributed by atoms with van der Waals surface area (Å²) in [6, 6.07) is 5.75. The maximum Gasteiger partial charge on any atom is 0.243 e. The lowest BCUT2D eigenvalue weighted by atomic mass is 10.1. The van der Waals surface area contributed by atoms with Crippen LogP contribution in [0.1, 0.15) is 36.8 Å². The van der Waals surface area contributed by atoms with Crippen molar-refractivity contribution in [2.75, 3.05) is 37.7 Å². The summed E-state index contributed by atoms with van der Waals surface area (Å²) in [5, 5.41) is 0. The third-order valence-corrected chi connectivity index (χ3v) is 8.53. The minimum absolute atomic E-state index is 0.0799. The Morgan fingerprint density at radius 2 is 1.84 bits per heavy atom. The van der Waals surface area contributed by atoms with E-state index in [0.29, 0.717) is 11.4 Å². The molecule has 25 heavy (non-hydrogen) atoms. The Morgan fingerprint density at radius 3 is 2.56 bits per heavy atom.